The van der Waals surface area contributed by atoms with E-state index in [1.165, 1.54) is 0 Å². The molecule has 0 unspecified atom stereocenters. The van der Waals surface area contributed by atoms with Crippen molar-refractivity contribution in [2.75, 3.05) is 33.5 Å². The number of hydrogen-bond acceptors (Lipinski definition) is 4. The van der Waals surface area contributed by atoms with Crippen molar-refractivity contribution in [3.05, 3.63) is 28.8 Å². The van der Waals surface area contributed by atoms with E-state index in [1.54, 1.807) is 7.11 Å². The summed E-state index contributed by atoms with van der Waals surface area (Å²) in [6, 6.07) is 6.12. The third-order valence-corrected chi connectivity index (χ3v) is 3.24. The average molecular weight is 316 g/mol. The van der Waals surface area contributed by atoms with Crippen LogP contribution in [0.25, 0.3) is 0 Å². The Morgan fingerprint density at radius 1 is 1.14 bits per heavy atom. The molecule has 0 amide bonds. The summed E-state index contributed by atoms with van der Waals surface area (Å²) >= 11 is 6.25. The number of nitrogens with one attached hydrogen (secondary N) is 1. The minimum atomic E-state index is 0.401. The molecule has 21 heavy (non-hydrogen) atoms. The fraction of sp³-hybridized carbons (Fsp3) is 0.625. The highest BCUT2D eigenvalue weighted by Gasteiger charge is 2.08. The SMILES string of the molecule is COCCCOCCOc1cccc(Cl)c1CNC(C)C. The van der Waals surface area contributed by atoms with Crippen LogP contribution in [0, 0.1) is 0 Å². The van der Waals surface area contributed by atoms with E-state index in [1.807, 2.05) is 18.2 Å². The monoisotopic (exact) mass is 315 g/mol. The molecule has 0 saturated heterocycles. The van der Waals surface area contributed by atoms with Crippen molar-refractivity contribution in [1.29, 1.82) is 0 Å². The number of rotatable bonds is 11. The first-order valence-corrected chi connectivity index (χ1v) is 7.73. The van der Waals surface area contributed by atoms with Gasteiger partial charge in [-0.05, 0) is 18.6 Å². The molecular weight excluding hydrogens is 290 g/mol. The second-order valence-electron chi connectivity index (χ2n) is 5.06. The fourth-order valence-corrected chi connectivity index (χ4v) is 2.00. The molecule has 0 aliphatic rings. The standard InChI is InChI=1S/C16H26ClNO3/c1-13(2)18-12-14-15(17)6-4-7-16(14)21-11-10-20-9-5-8-19-3/h4,6-7,13,18H,5,8-12H2,1-3H3. The fourth-order valence-electron chi connectivity index (χ4n) is 1.77. The molecule has 0 fully saturated rings. The van der Waals surface area contributed by atoms with E-state index in [0.717, 1.165) is 29.4 Å². The van der Waals surface area contributed by atoms with E-state index in [-0.39, 0.29) is 0 Å². The Hall–Kier alpha value is -0.810. The van der Waals surface area contributed by atoms with Crippen LogP contribution < -0.4 is 10.1 Å². The number of hydrogen-bond donors (Lipinski definition) is 1. The van der Waals surface area contributed by atoms with Gasteiger partial charge in [-0.15, -0.1) is 0 Å². The largest absolute Gasteiger partial charge is 0.491 e. The first-order chi connectivity index (χ1) is 10.1. The van der Waals surface area contributed by atoms with Gasteiger partial charge in [0.1, 0.15) is 12.4 Å². The number of halogens is 1. The molecule has 4 nitrogen and oxygen atoms in total. The quantitative estimate of drug-likeness (QED) is 0.636. The van der Waals surface area contributed by atoms with Crippen LogP contribution in [0.4, 0.5) is 0 Å². The summed E-state index contributed by atoms with van der Waals surface area (Å²) in [5.74, 6) is 0.816. The average Bonchev–Trinajstić information content (AvgIpc) is 2.45. The van der Waals surface area contributed by atoms with Crippen molar-refractivity contribution in [1.82, 2.24) is 5.32 Å². The number of methoxy groups -OCH3 is 1. The number of ether oxygens (including phenoxy) is 3. The Kier molecular flexibility index (Phi) is 9.42. The summed E-state index contributed by atoms with van der Waals surface area (Å²) in [5.41, 5.74) is 0.993. The van der Waals surface area contributed by atoms with Crippen LogP contribution in [-0.2, 0) is 16.0 Å². The Balaban J connectivity index is 2.38. The van der Waals surface area contributed by atoms with Gasteiger partial charge in [0.15, 0.2) is 0 Å². The van der Waals surface area contributed by atoms with Crippen molar-refractivity contribution in [3.63, 3.8) is 0 Å². The Labute approximate surface area is 132 Å². The summed E-state index contributed by atoms with van der Waals surface area (Å²) in [6.45, 7) is 7.39. The first kappa shape index (κ1) is 18.2. The molecule has 0 spiro atoms. The van der Waals surface area contributed by atoms with Gasteiger partial charge < -0.3 is 19.5 Å². The number of benzene rings is 1. The third kappa shape index (κ3) is 7.67. The van der Waals surface area contributed by atoms with E-state index in [4.69, 9.17) is 25.8 Å². The van der Waals surface area contributed by atoms with Gasteiger partial charge in [0.05, 0.1) is 6.61 Å². The minimum absolute atomic E-state index is 0.401. The van der Waals surface area contributed by atoms with Crippen LogP contribution in [0.3, 0.4) is 0 Å². The summed E-state index contributed by atoms with van der Waals surface area (Å²) in [6.07, 6.45) is 0.900. The van der Waals surface area contributed by atoms with E-state index >= 15 is 0 Å². The lowest BCUT2D eigenvalue weighted by atomic mass is 10.2. The van der Waals surface area contributed by atoms with Crippen LogP contribution >= 0.6 is 11.6 Å². The molecule has 1 aromatic carbocycles. The van der Waals surface area contributed by atoms with Gasteiger partial charge in [-0.25, -0.2) is 0 Å². The Bertz CT molecular complexity index is 399. The molecule has 0 aromatic heterocycles. The molecule has 1 rings (SSSR count). The molecule has 1 aromatic rings. The predicted molar refractivity (Wildman–Crippen MR) is 86.2 cm³/mol. The predicted octanol–water partition coefficient (Wildman–Crippen LogP) is 3.27. The molecule has 0 aliphatic heterocycles. The normalized spacial score (nSPS) is 11.1. The summed E-state index contributed by atoms with van der Waals surface area (Å²) in [5, 5.41) is 4.08. The van der Waals surface area contributed by atoms with Crippen LogP contribution in [0.5, 0.6) is 5.75 Å². The highest BCUT2D eigenvalue weighted by molar-refractivity contribution is 6.31. The second-order valence-corrected chi connectivity index (χ2v) is 5.47. The van der Waals surface area contributed by atoms with Crippen molar-refractivity contribution < 1.29 is 14.2 Å². The second kappa shape index (κ2) is 10.9. The van der Waals surface area contributed by atoms with Crippen molar-refractivity contribution in [2.24, 2.45) is 0 Å². The van der Waals surface area contributed by atoms with Crippen molar-refractivity contribution >= 4 is 11.6 Å². The third-order valence-electron chi connectivity index (χ3n) is 2.89. The van der Waals surface area contributed by atoms with Crippen LogP contribution in [0.2, 0.25) is 5.02 Å². The van der Waals surface area contributed by atoms with Crippen molar-refractivity contribution in [3.8, 4) is 5.75 Å². The van der Waals surface area contributed by atoms with E-state index < -0.39 is 0 Å². The van der Waals surface area contributed by atoms with E-state index in [9.17, 15) is 0 Å². The van der Waals surface area contributed by atoms with Crippen LogP contribution in [-0.4, -0.2) is 39.6 Å². The van der Waals surface area contributed by atoms with Gasteiger partial charge in [-0.1, -0.05) is 31.5 Å². The van der Waals surface area contributed by atoms with E-state index in [2.05, 4.69) is 19.2 Å². The molecule has 120 valence electrons. The maximum atomic E-state index is 6.25. The zero-order valence-electron chi connectivity index (χ0n) is 13.2. The molecule has 5 heteroatoms. The lowest BCUT2D eigenvalue weighted by molar-refractivity contribution is 0.0804. The first-order valence-electron chi connectivity index (χ1n) is 7.35. The smallest absolute Gasteiger partial charge is 0.125 e. The van der Waals surface area contributed by atoms with Gasteiger partial charge in [0, 0.05) is 43.5 Å². The summed E-state index contributed by atoms with van der Waals surface area (Å²) < 4.78 is 16.2. The van der Waals surface area contributed by atoms with Gasteiger partial charge in [0.2, 0.25) is 0 Å². The molecule has 0 aliphatic carbocycles. The maximum Gasteiger partial charge on any atom is 0.125 e. The summed E-state index contributed by atoms with van der Waals surface area (Å²) in [7, 11) is 1.69. The Morgan fingerprint density at radius 2 is 1.95 bits per heavy atom. The lowest BCUT2D eigenvalue weighted by Gasteiger charge is -2.15. The molecule has 0 bridgehead atoms. The topological polar surface area (TPSA) is 39.7 Å². The van der Waals surface area contributed by atoms with E-state index in [0.29, 0.717) is 32.4 Å². The van der Waals surface area contributed by atoms with Crippen LogP contribution in [0.15, 0.2) is 18.2 Å². The van der Waals surface area contributed by atoms with Gasteiger partial charge in [-0.3, -0.25) is 0 Å². The highest BCUT2D eigenvalue weighted by Crippen LogP contribution is 2.26. The molecule has 0 radical (unpaired) electrons. The van der Waals surface area contributed by atoms with Gasteiger partial charge in [0.25, 0.3) is 0 Å². The molecular formula is C16H26ClNO3. The zero-order chi connectivity index (χ0) is 15.5. The van der Waals surface area contributed by atoms with Crippen molar-refractivity contribution in [2.45, 2.75) is 32.9 Å². The summed E-state index contributed by atoms with van der Waals surface area (Å²) in [4.78, 5) is 0. The molecule has 0 saturated carbocycles. The lowest BCUT2D eigenvalue weighted by Crippen LogP contribution is -2.22. The molecule has 0 heterocycles. The minimum Gasteiger partial charge on any atom is -0.491 e. The molecule has 0 atom stereocenters. The zero-order valence-corrected chi connectivity index (χ0v) is 13.9. The van der Waals surface area contributed by atoms with Gasteiger partial charge >= 0.3 is 0 Å². The maximum absolute atomic E-state index is 6.25. The van der Waals surface area contributed by atoms with Gasteiger partial charge in [-0.2, -0.15) is 0 Å². The van der Waals surface area contributed by atoms with Crippen LogP contribution in [0.1, 0.15) is 25.8 Å². The Morgan fingerprint density at radius 3 is 2.67 bits per heavy atom. The molecule has 1 N–H and O–H groups in total. The highest BCUT2D eigenvalue weighted by atomic mass is 35.5.